The van der Waals surface area contributed by atoms with Crippen molar-refractivity contribution >= 4 is 21.7 Å². The third-order valence-corrected chi connectivity index (χ3v) is 4.62. The molecular weight excluding hydrogens is 274 g/mol. The van der Waals surface area contributed by atoms with Gasteiger partial charge >= 0.3 is 5.97 Å². The van der Waals surface area contributed by atoms with Gasteiger partial charge in [0.2, 0.25) is 5.91 Å². The molecule has 1 unspecified atom stereocenters. The third kappa shape index (κ3) is 4.46. The van der Waals surface area contributed by atoms with Crippen LogP contribution in [0, 0.1) is 5.92 Å². The molecule has 1 amide bonds. The molecule has 0 bridgehead atoms. The van der Waals surface area contributed by atoms with Crippen LogP contribution in [0.1, 0.15) is 20.3 Å². The van der Waals surface area contributed by atoms with E-state index in [4.69, 9.17) is 9.84 Å². The lowest BCUT2D eigenvalue weighted by molar-refractivity contribution is -0.147. The summed E-state index contributed by atoms with van der Waals surface area (Å²) in [4.78, 5) is 22.9. The van der Waals surface area contributed by atoms with Crippen LogP contribution in [-0.2, 0) is 24.2 Å². The van der Waals surface area contributed by atoms with Gasteiger partial charge in [0.05, 0.1) is 12.4 Å². The molecule has 19 heavy (non-hydrogen) atoms. The van der Waals surface area contributed by atoms with E-state index in [2.05, 4.69) is 5.32 Å². The monoisotopic (exact) mass is 293 g/mol. The number of carboxylic acids is 1. The number of sulfone groups is 1. The first-order valence-corrected chi connectivity index (χ1v) is 7.81. The van der Waals surface area contributed by atoms with Crippen molar-refractivity contribution in [1.82, 2.24) is 5.32 Å². The maximum absolute atomic E-state index is 11.7. The number of ether oxygens (including phenoxy) is 1. The van der Waals surface area contributed by atoms with Crippen molar-refractivity contribution in [3.8, 4) is 0 Å². The summed E-state index contributed by atoms with van der Waals surface area (Å²) in [6.07, 6.45) is 0.137. The minimum absolute atomic E-state index is 0.0824. The zero-order valence-corrected chi connectivity index (χ0v) is 11.8. The van der Waals surface area contributed by atoms with Crippen LogP contribution >= 0.6 is 0 Å². The second-order valence-electron chi connectivity index (χ2n) is 5.19. The van der Waals surface area contributed by atoms with Gasteiger partial charge in [0.1, 0.15) is 5.75 Å². The van der Waals surface area contributed by atoms with Crippen molar-refractivity contribution in [2.45, 2.75) is 25.8 Å². The Labute approximate surface area is 112 Å². The SMILES string of the molecule is CC(C)CS(=O)(=O)CC(=O)NC1(C(=O)O)CCOC1. The molecule has 1 fully saturated rings. The summed E-state index contributed by atoms with van der Waals surface area (Å²) in [5, 5.41) is 11.4. The van der Waals surface area contributed by atoms with E-state index < -0.39 is 33.0 Å². The predicted molar refractivity (Wildman–Crippen MR) is 67.4 cm³/mol. The van der Waals surface area contributed by atoms with E-state index in [1.807, 2.05) is 0 Å². The molecule has 0 aromatic carbocycles. The van der Waals surface area contributed by atoms with Crippen molar-refractivity contribution in [2.24, 2.45) is 5.92 Å². The minimum Gasteiger partial charge on any atom is -0.479 e. The highest BCUT2D eigenvalue weighted by atomic mass is 32.2. The van der Waals surface area contributed by atoms with E-state index in [0.29, 0.717) is 0 Å². The van der Waals surface area contributed by atoms with Gasteiger partial charge in [-0.1, -0.05) is 13.8 Å². The molecule has 0 aliphatic carbocycles. The van der Waals surface area contributed by atoms with Gasteiger partial charge in [-0.25, -0.2) is 13.2 Å². The van der Waals surface area contributed by atoms with Crippen molar-refractivity contribution in [2.75, 3.05) is 24.7 Å². The maximum Gasteiger partial charge on any atom is 0.331 e. The van der Waals surface area contributed by atoms with Gasteiger partial charge in [-0.3, -0.25) is 4.79 Å². The van der Waals surface area contributed by atoms with Crippen molar-refractivity contribution in [3.05, 3.63) is 0 Å². The first kappa shape index (κ1) is 15.9. The Morgan fingerprint density at radius 1 is 1.42 bits per heavy atom. The molecule has 1 heterocycles. The second kappa shape index (κ2) is 5.87. The lowest BCUT2D eigenvalue weighted by Gasteiger charge is -2.23. The summed E-state index contributed by atoms with van der Waals surface area (Å²) in [6, 6.07) is 0. The molecule has 0 saturated carbocycles. The first-order chi connectivity index (χ1) is 8.67. The number of rotatable bonds is 6. The summed E-state index contributed by atoms with van der Waals surface area (Å²) in [7, 11) is -3.52. The molecule has 2 N–H and O–H groups in total. The molecule has 0 aromatic rings. The number of hydrogen-bond donors (Lipinski definition) is 2. The number of carboxylic acid groups (broad SMARTS) is 1. The van der Waals surface area contributed by atoms with E-state index >= 15 is 0 Å². The molecule has 1 aliphatic heterocycles. The van der Waals surface area contributed by atoms with E-state index in [-0.39, 0.29) is 31.3 Å². The largest absolute Gasteiger partial charge is 0.479 e. The van der Waals surface area contributed by atoms with E-state index in [1.165, 1.54) is 0 Å². The topological polar surface area (TPSA) is 110 Å². The molecule has 8 heteroatoms. The summed E-state index contributed by atoms with van der Waals surface area (Å²) < 4.78 is 28.3. The van der Waals surface area contributed by atoms with Crippen LogP contribution in [0.25, 0.3) is 0 Å². The molecule has 1 rings (SSSR count). The Hall–Kier alpha value is -1.15. The van der Waals surface area contributed by atoms with Crippen LogP contribution in [-0.4, -0.2) is 55.7 Å². The number of nitrogens with one attached hydrogen (secondary N) is 1. The highest BCUT2D eigenvalue weighted by Crippen LogP contribution is 2.19. The van der Waals surface area contributed by atoms with Gasteiger partial charge in [-0.2, -0.15) is 0 Å². The quantitative estimate of drug-likeness (QED) is 0.678. The Morgan fingerprint density at radius 3 is 2.47 bits per heavy atom. The van der Waals surface area contributed by atoms with Crippen LogP contribution in [0.3, 0.4) is 0 Å². The average molecular weight is 293 g/mol. The van der Waals surface area contributed by atoms with E-state index in [0.717, 1.165) is 0 Å². The number of hydrogen-bond acceptors (Lipinski definition) is 5. The van der Waals surface area contributed by atoms with Crippen molar-refractivity contribution in [1.29, 1.82) is 0 Å². The summed E-state index contributed by atoms with van der Waals surface area (Å²) in [5.41, 5.74) is -1.50. The lowest BCUT2D eigenvalue weighted by atomic mass is 9.99. The van der Waals surface area contributed by atoms with Crippen molar-refractivity contribution in [3.63, 3.8) is 0 Å². The van der Waals surface area contributed by atoms with Crippen LogP contribution in [0.2, 0.25) is 0 Å². The van der Waals surface area contributed by atoms with Crippen LogP contribution in [0.15, 0.2) is 0 Å². The zero-order valence-electron chi connectivity index (χ0n) is 11.0. The number of aliphatic carboxylic acids is 1. The van der Waals surface area contributed by atoms with Gasteiger partial charge in [0, 0.05) is 13.0 Å². The minimum atomic E-state index is -3.52. The molecule has 110 valence electrons. The fraction of sp³-hybridized carbons (Fsp3) is 0.818. The second-order valence-corrected chi connectivity index (χ2v) is 7.30. The Balaban J connectivity index is 2.67. The van der Waals surface area contributed by atoms with Crippen LogP contribution < -0.4 is 5.32 Å². The Bertz CT molecular complexity index is 450. The first-order valence-electron chi connectivity index (χ1n) is 5.99. The summed E-state index contributed by atoms with van der Waals surface area (Å²) in [5.74, 6) is -2.88. The summed E-state index contributed by atoms with van der Waals surface area (Å²) >= 11 is 0. The number of amides is 1. The fourth-order valence-electron chi connectivity index (χ4n) is 1.96. The van der Waals surface area contributed by atoms with Gasteiger partial charge in [-0.15, -0.1) is 0 Å². The highest BCUT2D eigenvalue weighted by Gasteiger charge is 2.44. The van der Waals surface area contributed by atoms with Gasteiger partial charge in [0.15, 0.2) is 15.4 Å². The van der Waals surface area contributed by atoms with Gasteiger partial charge < -0.3 is 15.2 Å². The molecule has 7 nitrogen and oxygen atoms in total. The Kier molecular flexibility index (Phi) is 4.92. The van der Waals surface area contributed by atoms with Crippen LogP contribution in [0.5, 0.6) is 0 Å². The molecular formula is C11H19NO6S. The standard InChI is InChI=1S/C11H19NO6S/c1-8(2)5-19(16,17)6-9(13)12-11(10(14)15)3-4-18-7-11/h8H,3-7H2,1-2H3,(H,12,13)(H,14,15). The Morgan fingerprint density at radius 2 is 2.05 bits per heavy atom. The predicted octanol–water partition coefficient (Wildman–Crippen LogP) is -0.583. The average Bonchev–Trinajstić information content (AvgIpc) is 2.63. The number of carbonyl (C=O) groups excluding carboxylic acids is 1. The van der Waals surface area contributed by atoms with E-state index in [1.54, 1.807) is 13.8 Å². The summed E-state index contributed by atoms with van der Waals surface area (Å²) in [6.45, 7) is 3.56. The zero-order chi connectivity index (χ0) is 14.7. The maximum atomic E-state index is 11.7. The van der Waals surface area contributed by atoms with Crippen LogP contribution in [0.4, 0.5) is 0 Å². The lowest BCUT2D eigenvalue weighted by Crippen LogP contribution is -2.56. The molecule has 1 saturated heterocycles. The smallest absolute Gasteiger partial charge is 0.331 e. The van der Waals surface area contributed by atoms with E-state index in [9.17, 15) is 18.0 Å². The fourth-order valence-corrected chi connectivity index (χ4v) is 3.56. The molecule has 0 radical (unpaired) electrons. The normalized spacial score (nSPS) is 23.5. The molecule has 0 aromatic heterocycles. The molecule has 1 aliphatic rings. The molecule has 0 spiro atoms. The number of carbonyl (C=O) groups is 2. The van der Waals surface area contributed by atoms with Crippen molar-refractivity contribution < 1.29 is 27.9 Å². The van der Waals surface area contributed by atoms with Gasteiger partial charge in [-0.05, 0) is 5.92 Å². The van der Waals surface area contributed by atoms with Gasteiger partial charge in [0.25, 0.3) is 0 Å². The molecule has 1 atom stereocenters. The highest BCUT2D eigenvalue weighted by molar-refractivity contribution is 7.92. The third-order valence-electron chi connectivity index (χ3n) is 2.75.